The number of hydrogen-bond acceptors (Lipinski definition) is 6. The van der Waals surface area contributed by atoms with Crippen molar-refractivity contribution in [3.63, 3.8) is 0 Å². The molecule has 2 fully saturated rings. The summed E-state index contributed by atoms with van der Waals surface area (Å²) in [5.74, 6) is 0.987. The maximum atomic E-state index is 12.6. The van der Waals surface area contributed by atoms with Gasteiger partial charge >= 0.3 is 0 Å². The minimum absolute atomic E-state index is 0.0533. The Hall–Kier alpha value is -1.44. The number of nitrogens with zero attached hydrogens (tertiary/aromatic N) is 2. The molecular weight excluding hydrogens is 336 g/mol. The third-order valence-electron chi connectivity index (χ3n) is 5.69. The number of piperidine rings is 1. The Morgan fingerprint density at radius 3 is 2.81 bits per heavy atom. The molecule has 1 N–H and O–H groups in total. The standard InChI is InChI=1S/C19H30N2O5/c1-14-17(15(2)26-20-14)3-4-18(23)21-8-6-19(7-9-21)13-16(5-11-25-19)24-12-10-22/h16,22H,3-13H2,1-2H3. The van der Waals surface area contributed by atoms with Gasteiger partial charge in [0.1, 0.15) is 5.76 Å². The molecule has 1 amide bonds. The first-order chi connectivity index (χ1) is 12.5. The number of carbonyl (C=O) groups excluding carboxylic acids is 1. The molecule has 0 aliphatic carbocycles. The van der Waals surface area contributed by atoms with E-state index in [0.717, 1.165) is 55.8 Å². The van der Waals surface area contributed by atoms with Gasteiger partial charge in [0.05, 0.1) is 30.6 Å². The summed E-state index contributed by atoms with van der Waals surface area (Å²) in [4.78, 5) is 14.5. The van der Waals surface area contributed by atoms with Crippen molar-refractivity contribution in [3.8, 4) is 0 Å². The van der Waals surface area contributed by atoms with Gasteiger partial charge in [-0.2, -0.15) is 0 Å². The van der Waals surface area contributed by atoms with Gasteiger partial charge in [-0.1, -0.05) is 5.16 Å². The minimum atomic E-state index is -0.170. The molecule has 1 unspecified atom stereocenters. The van der Waals surface area contributed by atoms with E-state index in [9.17, 15) is 4.79 Å². The number of aliphatic hydroxyl groups is 1. The summed E-state index contributed by atoms with van der Waals surface area (Å²) in [5.41, 5.74) is 1.75. The Morgan fingerprint density at radius 1 is 1.38 bits per heavy atom. The van der Waals surface area contributed by atoms with E-state index < -0.39 is 0 Å². The summed E-state index contributed by atoms with van der Waals surface area (Å²) in [6.07, 6.45) is 4.74. The van der Waals surface area contributed by atoms with Crippen LogP contribution in [0.5, 0.6) is 0 Å². The summed E-state index contributed by atoms with van der Waals surface area (Å²) in [5, 5.41) is 12.9. The molecule has 1 aromatic heterocycles. The Balaban J connectivity index is 1.47. The first-order valence-corrected chi connectivity index (χ1v) is 9.59. The van der Waals surface area contributed by atoms with Crippen molar-refractivity contribution in [3.05, 3.63) is 17.0 Å². The minimum Gasteiger partial charge on any atom is -0.394 e. The fraction of sp³-hybridized carbons (Fsp3) is 0.789. The van der Waals surface area contributed by atoms with Crippen LogP contribution in [0.15, 0.2) is 4.52 Å². The van der Waals surface area contributed by atoms with Gasteiger partial charge in [0.25, 0.3) is 0 Å². The fourth-order valence-corrected chi connectivity index (χ4v) is 4.11. The largest absolute Gasteiger partial charge is 0.394 e. The molecule has 1 atom stereocenters. The van der Waals surface area contributed by atoms with Crippen molar-refractivity contribution >= 4 is 5.91 Å². The predicted molar refractivity (Wildman–Crippen MR) is 94.9 cm³/mol. The second-order valence-electron chi connectivity index (χ2n) is 7.42. The van der Waals surface area contributed by atoms with Crippen molar-refractivity contribution in [2.45, 2.75) is 64.1 Å². The van der Waals surface area contributed by atoms with Crippen LogP contribution in [0.25, 0.3) is 0 Å². The molecule has 3 rings (SSSR count). The Morgan fingerprint density at radius 2 is 2.15 bits per heavy atom. The number of hydrogen-bond donors (Lipinski definition) is 1. The maximum Gasteiger partial charge on any atom is 0.222 e. The molecule has 1 spiro atoms. The van der Waals surface area contributed by atoms with E-state index >= 15 is 0 Å². The van der Waals surface area contributed by atoms with Gasteiger partial charge in [-0.25, -0.2) is 0 Å². The Kier molecular flexibility index (Phi) is 6.32. The second kappa shape index (κ2) is 8.50. The highest BCUT2D eigenvalue weighted by Crippen LogP contribution is 2.36. The van der Waals surface area contributed by atoms with Gasteiger partial charge in [0, 0.05) is 38.1 Å². The normalized spacial score (nSPS) is 22.7. The third-order valence-corrected chi connectivity index (χ3v) is 5.69. The topological polar surface area (TPSA) is 85.0 Å². The summed E-state index contributed by atoms with van der Waals surface area (Å²) < 4.78 is 17.0. The van der Waals surface area contributed by atoms with Crippen LogP contribution in [0.2, 0.25) is 0 Å². The van der Waals surface area contributed by atoms with Gasteiger partial charge in [-0.05, 0) is 39.5 Å². The molecule has 7 heteroatoms. The molecule has 0 aromatic carbocycles. The number of aromatic nitrogens is 1. The van der Waals surface area contributed by atoms with E-state index in [1.807, 2.05) is 18.7 Å². The van der Waals surface area contributed by atoms with Crippen molar-refractivity contribution < 1.29 is 23.9 Å². The molecule has 0 radical (unpaired) electrons. The van der Waals surface area contributed by atoms with Crippen LogP contribution in [0.4, 0.5) is 0 Å². The van der Waals surface area contributed by atoms with Crippen molar-refractivity contribution in [2.75, 3.05) is 32.9 Å². The lowest BCUT2D eigenvalue weighted by Gasteiger charge is -2.46. The monoisotopic (exact) mass is 366 g/mol. The molecule has 2 aliphatic rings. The van der Waals surface area contributed by atoms with Crippen LogP contribution in [0, 0.1) is 13.8 Å². The first kappa shape index (κ1) is 19.3. The van der Waals surface area contributed by atoms with Crippen molar-refractivity contribution in [2.24, 2.45) is 0 Å². The van der Waals surface area contributed by atoms with Crippen LogP contribution < -0.4 is 0 Å². The Labute approximate surface area is 154 Å². The lowest BCUT2D eigenvalue weighted by molar-refractivity contribution is -0.162. The van der Waals surface area contributed by atoms with Crippen molar-refractivity contribution in [1.82, 2.24) is 10.1 Å². The lowest BCUT2D eigenvalue weighted by Crippen LogP contribution is -2.52. The molecule has 2 saturated heterocycles. The molecule has 146 valence electrons. The van der Waals surface area contributed by atoms with E-state index in [2.05, 4.69) is 5.16 Å². The zero-order chi connectivity index (χ0) is 18.6. The summed E-state index contributed by atoms with van der Waals surface area (Å²) >= 11 is 0. The number of likely N-dealkylation sites (tertiary alicyclic amines) is 1. The van der Waals surface area contributed by atoms with E-state index in [0.29, 0.717) is 26.1 Å². The zero-order valence-corrected chi connectivity index (χ0v) is 15.8. The number of rotatable bonds is 6. The number of carbonyl (C=O) groups is 1. The van der Waals surface area contributed by atoms with E-state index in [-0.39, 0.29) is 24.2 Å². The number of aryl methyl sites for hydroxylation is 2. The summed E-state index contributed by atoms with van der Waals surface area (Å²) in [6, 6.07) is 0. The van der Waals surface area contributed by atoms with Gasteiger partial charge in [0.15, 0.2) is 0 Å². The van der Waals surface area contributed by atoms with E-state index in [4.69, 9.17) is 19.1 Å². The predicted octanol–water partition coefficient (Wildman–Crippen LogP) is 1.77. The maximum absolute atomic E-state index is 12.6. The van der Waals surface area contributed by atoms with Crippen LogP contribution in [-0.4, -0.2) is 65.7 Å². The summed E-state index contributed by atoms with van der Waals surface area (Å²) in [7, 11) is 0. The van der Waals surface area contributed by atoms with E-state index in [1.54, 1.807) is 0 Å². The number of ether oxygens (including phenoxy) is 2. The first-order valence-electron chi connectivity index (χ1n) is 9.59. The van der Waals surface area contributed by atoms with Gasteiger partial charge in [-0.3, -0.25) is 4.79 Å². The molecule has 3 heterocycles. The third kappa shape index (κ3) is 4.45. The van der Waals surface area contributed by atoms with Gasteiger partial charge < -0.3 is 24.0 Å². The Bertz CT molecular complexity index is 588. The highest BCUT2D eigenvalue weighted by atomic mass is 16.5. The van der Waals surface area contributed by atoms with Crippen LogP contribution >= 0.6 is 0 Å². The van der Waals surface area contributed by atoms with Crippen LogP contribution in [0.1, 0.15) is 49.1 Å². The smallest absolute Gasteiger partial charge is 0.222 e. The quantitative estimate of drug-likeness (QED) is 0.826. The number of amides is 1. The van der Waals surface area contributed by atoms with Crippen LogP contribution in [0.3, 0.4) is 0 Å². The van der Waals surface area contributed by atoms with Gasteiger partial charge in [-0.15, -0.1) is 0 Å². The molecule has 0 saturated carbocycles. The average molecular weight is 366 g/mol. The average Bonchev–Trinajstić information content (AvgIpc) is 2.97. The van der Waals surface area contributed by atoms with Gasteiger partial charge in [0.2, 0.25) is 5.91 Å². The molecular formula is C19H30N2O5. The van der Waals surface area contributed by atoms with E-state index in [1.165, 1.54) is 0 Å². The summed E-state index contributed by atoms with van der Waals surface area (Å²) in [6.45, 7) is 6.39. The molecule has 0 bridgehead atoms. The van der Waals surface area contributed by atoms with Crippen molar-refractivity contribution in [1.29, 1.82) is 0 Å². The highest BCUT2D eigenvalue weighted by Gasteiger charge is 2.41. The highest BCUT2D eigenvalue weighted by molar-refractivity contribution is 5.76. The molecule has 1 aromatic rings. The lowest BCUT2D eigenvalue weighted by atomic mass is 9.83. The zero-order valence-electron chi connectivity index (χ0n) is 15.8. The number of aliphatic hydroxyl groups excluding tert-OH is 1. The molecule has 26 heavy (non-hydrogen) atoms. The fourth-order valence-electron chi connectivity index (χ4n) is 4.11. The van der Waals surface area contributed by atoms with Crippen LogP contribution in [-0.2, 0) is 20.7 Å². The SMILES string of the molecule is Cc1noc(C)c1CCC(=O)N1CCC2(CC1)CC(OCCO)CCO2. The second-order valence-corrected chi connectivity index (χ2v) is 7.42. The molecule has 7 nitrogen and oxygen atoms in total. The molecule has 2 aliphatic heterocycles.